The van der Waals surface area contributed by atoms with Gasteiger partial charge < -0.3 is 10.2 Å². The fourth-order valence-electron chi connectivity index (χ4n) is 3.43. The van der Waals surface area contributed by atoms with E-state index in [0.29, 0.717) is 5.92 Å². The maximum absolute atomic E-state index is 4.66. The van der Waals surface area contributed by atoms with Crippen molar-refractivity contribution in [3.8, 4) is 0 Å². The van der Waals surface area contributed by atoms with Crippen molar-refractivity contribution in [2.45, 2.75) is 57.9 Å². The second-order valence-electron chi connectivity index (χ2n) is 7.02. The molecule has 0 amide bonds. The number of fused-ring (bicyclic) bond motifs is 1. The van der Waals surface area contributed by atoms with E-state index in [-0.39, 0.29) is 0 Å². The predicted octanol–water partition coefficient (Wildman–Crippen LogP) is 3.53. The van der Waals surface area contributed by atoms with Gasteiger partial charge in [0.15, 0.2) is 5.65 Å². The van der Waals surface area contributed by atoms with Crippen molar-refractivity contribution >= 4 is 11.5 Å². The fraction of sp³-hybridized carbons (Fsp3) is 0.667. The molecule has 5 nitrogen and oxygen atoms in total. The Morgan fingerprint density at radius 1 is 1.35 bits per heavy atom. The van der Waals surface area contributed by atoms with Gasteiger partial charge in [0.2, 0.25) is 0 Å². The van der Waals surface area contributed by atoms with E-state index >= 15 is 0 Å². The van der Waals surface area contributed by atoms with Gasteiger partial charge in [0.25, 0.3) is 0 Å². The SMILES string of the molecule is CC(C)c1cc(NCCCN(C)C2CCCC2)n2nccc2n1. The van der Waals surface area contributed by atoms with Gasteiger partial charge in [-0.1, -0.05) is 26.7 Å². The van der Waals surface area contributed by atoms with Crippen molar-refractivity contribution < 1.29 is 0 Å². The minimum Gasteiger partial charge on any atom is -0.370 e. The van der Waals surface area contributed by atoms with E-state index in [0.717, 1.165) is 42.7 Å². The Morgan fingerprint density at radius 2 is 2.13 bits per heavy atom. The van der Waals surface area contributed by atoms with Crippen LogP contribution >= 0.6 is 0 Å². The van der Waals surface area contributed by atoms with Crippen LogP contribution in [0.3, 0.4) is 0 Å². The van der Waals surface area contributed by atoms with Gasteiger partial charge in [0.05, 0.1) is 6.20 Å². The zero-order chi connectivity index (χ0) is 16.2. The van der Waals surface area contributed by atoms with Crippen LogP contribution in [0.4, 0.5) is 5.82 Å². The van der Waals surface area contributed by atoms with Crippen molar-refractivity contribution in [1.82, 2.24) is 19.5 Å². The number of rotatable bonds is 7. The zero-order valence-corrected chi connectivity index (χ0v) is 14.6. The van der Waals surface area contributed by atoms with Crippen molar-refractivity contribution in [3.63, 3.8) is 0 Å². The van der Waals surface area contributed by atoms with E-state index in [1.165, 1.54) is 25.7 Å². The highest BCUT2D eigenvalue weighted by Gasteiger charge is 2.18. The standard InChI is InChI=1S/C18H29N5/c1-14(2)16-13-18(23-17(21-16)9-11-20-23)19-10-6-12-22(3)15-7-4-5-8-15/h9,11,13-15,19H,4-8,10,12H2,1-3H3. The Bertz CT molecular complexity index is 627. The van der Waals surface area contributed by atoms with Crippen LogP contribution in [0.15, 0.2) is 18.3 Å². The van der Waals surface area contributed by atoms with Gasteiger partial charge in [-0.2, -0.15) is 9.61 Å². The van der Waals surface area contributed by atoms with Gasteiger partial charge in [-0.15, -0.1) is 0 Å². The van der Waals surface area contributed by atoms with Crippen LogP contribution in [-0.4, -0.2) is 45.7 Å². The Kier molecular flexibility index (Phi) is 5.16. The number of hydrogen-bond donors (Lipinski definition) is 1. The van der Waals surface area contributed by atoms with Gasteiger partial charge in [-0.25, -0.2) is 4.98 Å². The van der Waals surface area contributed by atoms with E-state index in [9.17, 15) is 0 Å². The summed E-state index contributed by atoms with van der Waals surface area (Å²) in [6, 6.07) is 4.90. The maximum Gasteiger partial charge on any atom is 0.157 e. The van der Waals surface area contributed by atoms with E-state index in [1.807, 2.05) is 16.8 Å². The first-order chi connectivity index (χ1) is 11.1. The van der Waals surface area contributed by atoms with E-state index in [4.69, 9.17) is 0 Å². The quantitative estimate of drug-likeness (QED) is 0.794. The van der Waals surface area contributed by atoms with Crippen LogP contribution in [-0.2, 0) is 0 Å². The lowest BCUT2D eigenvalue weighted by Crippen LogP contribution is -2.31. The first-order valence-corrected chi connectivity index (χ1v) is 8.94. The molecule has 1 fully saturated rings. The van der Waals surface area contributed by atoms with Gasteiger partial charge in [0.1, 0.15) is 5.82 Å². The topological polar surface area (TPSA) is 45.5 Å². The smallest absolute Gasteiger partial charge is 0.157 e. The molecule has 5 heteroatoms. The molecule has 1 aliphatic carbocycles. The van der Waals surface area contributed by atoms with E-state index < -0.39 is 0 Å². The molecule has 2 heterocycles. The zero-order valence-electron chi connectivity index (χ0n) is 14.6. The molecule has 1 aliphatic rings. The highest BCUT2D eigenvalue weighted by molar-refractivity contribution is 5.49. The highest BCUT2D eigenvalue weighted by Crippen LogP contribution is 2.22. The van der Waals surface area contributed by atoms with Crippen LogP contribution in [0, 0.1) is 0 Å². The predicted molar refractivity (Wildman–Crippen MR) is 95.1 cm³/mol. The summed E-state index contributed by atoms with van der Waals surface area (Å²) in [5.41, 5.74) is 2.03. The number of anilines is 1. The summed E-state index contributed by atoms with van der Waals surface area (Å²) in [6.45, 7) is 6.47. The third-order valence-corrected chi connectivity index (χ3v) is 4.91. The molecule has 1 N–H and O–H groups in total. The summed E-state index contributed by atoms with van der Waals surface area (Å²) in [5.74, 6) is 1.47. The second-order valence-corrected chi connectivity index (χ2v) is 7.02. The van der Waals surface area contributed by atoms with Crippen LogP contribution in [0.5, 0.6) is 0 Å². The molecule has 1 saturated carbocycles. The van der Waals surface area contributed by atoms with Crippen LogP contribution in [0.25, 0.3) is 5.65 Å². The lowest BCUT2D eigenvalue weighted by atomic mass is 10.1. The lowest BCUT2D eigenvalue weighted by molar-refractivity contribution is 0.245. The van der Waals surface area contributed by atoms with Crippen molar-refractivity contribution in [2.75, 3.05) is 25.5 Å². The van der Waals surface area contributed by atoms with Gasteiger partial charge in [-0.05, 0) is 38.8 Å². The molecule has 23 heavy (non-hydrogen) atoms. The highest BCUT2D eigenvalue weighted by atomic mass is 15.3. The fourth-order valence-corrected chi connectivity index (χ4v) is 3.43. The molecule has 0 aromatic carbocycles. The average molecular weight is 315 g/mol. The largest absolute Gasteiger partial charge is 0.370 e. The first kappa shape index (κ1) is 16.2. The average Bonchev–Trinajstić information content (AvgIpc) is 3.21. The summed E-state index contributed by atoms with van der Waals surface area (Å²) in [4.78, 5) is 7.19. The molecule has 0 radical (unpaired) electrons. The van der Waals surface area contributed by atoms with Gasteiger partial charge in [-0.3, -0.25) is 0 Å². The number of nitrogens with zero attached hydrogens (tertiary/aromatic N) is 4. The number of aromatic nitrogens is 3. The normalized spacial score (nSPS) is 16.0. The van der Waals surface area contributed by atoms with Crippen LogP contribution < -0.4 is 5.32 Å². The third-order valence-electron chi connectivity index (χ3n) is 4.91. The van der Waals surface area contributed by atoms with Gasteiger partial charge in [0, 0.05) is 30.4 Å². The molecule has 0 bridgehead atoms. The third kappa shape index (κ3) is 3.83. The lowest BCUT2D eigenvalue weighted by Gasteiger charge is -2.24. The summed E-state index contributed by atoms with van der Waals surface area (Å²) >= 11 is 0. The summed E-state index contributed by atoms with van der Waals surface area (Å²) in [6.07, 6.45) is 8.51. The van der Waals surface area contributed by atoms with Gasteiger partial charge >= 0.3 is 0 Å². The molecular formula is C18H29N5. The van der Waals surface area contributed by atoms with Crippen molar-refractivity contribution in [3.05, 3.63) is 24.0 Å². The van der Waals surface area contributed by atoms with Crippen molar-refractivity contribution in [2.24, 2.45) is 0 Å². The molecule has 0 saturated heterocycles. The maximum atomic E-state index is 4.66. The van der Waals surface area contributed by atoms with Crippen LogP contribution in [0.2, 0.25) is 0 Å². The monoisotopic (exact) mass is 315 g/mol. The molecule has 3 rings (SSSR count). The first-order valence-electron chi connectivity index (χ1n) is 8.94. The molecule has 0 unspecified atom stereocenters. The molecular weight excluding hydrogens is 286 g/mol. The minimum atomic E-state index is 0.420. The number of nitrogens with one attached hydrogen (secondary N) is 1. The minimum absolute atomic E-state index is 0.420. The van der Waals surface area contributed by atoms with Crippen LogP contribution in [0.1, 0.15) is 57.6 Å². The Hall–Kier alpha value is -1.62. The molecule has 0 aliphatic heterocycles. The van der Waals surface area contributed by atoms with Crippen molar-refractivity contribution in [1.29, 1.82) is 0 Å². The molecule has 2 aromatic heterocycles. The van der Waals surface area contributed by atoms with E-state index in [1.54, 1.807) is 0 Å². The number of hydrogen-bond acceptors (Lipinski definition) is 4. The Balaban J connectivity index is 1.57. The molecule has 2 aromatic rings. The Morgan fingerprint density at radius 3 is 2.87 bits per heavy atom. The second kappa shape index (κ2) is 7.30. The molecule has 0 atom stereocenters. The molecule has 126 valence electrons. The van der Waals surface area contributed by atoms with E-state index in [2.05, 4.69) is 47.3 Å². The summed E-state index contributed by atoms with van der Waals surface area (Å²) in [5, 5.41) is 7.93. The summed E-state index contributed by atoms with van der Waals surface area (Å²) < 4.78 is 1.90. The molecule has 0 spiro atoms. The summed E-state index contributed by atoms with van der Waals surface area (Å²) in [7, 11) is 2.27. The Labute approximate surface area is 139 Å².